The Balaban J connectivity index is 1.45. The van der Waals surface area contributed by atoms with Crippen LogP contribution in [0.25, 0.3) is 17.1 Å². The van der Waals surface area contributed by atoms with E-state index in [1.807, 2.05) is 30.3 Å². The van der Waals surface area contributed by atoms with Gasteiger partial charge in [0.2, 0.25) is 5.82 Å². The molecule has 2 heterocycles. The summed E-state index contributed by atoms with van der Waals surface area (Å²) in [6.07, 6.45) is 1.41. The molecule has 28 heavy (non-hydrogen) atoms. The Morgan fingerprint density at radius 2 is 1.89 bits per heavy atom. The van der Waals surface area contributed by atoms with E-state index in [1.54, 1.807) is 19.1 Å². The average molecular weight is 378 g/mol. The normalized spacial score (nSPS) is 10.8. The molecule has 0 aliphatic carbocycles. The first-order valence-electron chi connectivity index (χ1n) is 8.47. The minimum Gasteiger partial charge on any atom is -0.452 e. The van der Waals surface area contributed by atoms with E-state index in [0.29, 0.717) is 22.8 Å². The molecule has 0 bridgehead atoms. The third-order valence-corrected chi connectivity index (χ3v) is 4.13. The van der Waals surface area contributed by atoms with Crippen molar-refractivity contribution in [2.45, 2.75) is 13.5 Å². The Labute approximate surface area is 159 Å². The van der Waals surface area contributed by atoms with Crippen LogP contribution in [-0.2, 0) is 11.3 Å². The molecule has 0 saturated carbocycles. The van der Waals surface area contributed by atoms with Gasteiger partial charge in [-0.15, -0.1) is 0 Å². The summed E-state index contributed by atoms with van der Waals surface area (Å²) in [7, 11) is 0. The number of carbonyl (C=O) groups excluding carboxylic acids is 1. The highest BCUT2D eigenvalue weighted by atomic mass is 19.1. The summed E-state index contributed by atoms with van der Waals surface area (Å²) < 4.78 is 25.0. The standard InChI is InChI=1S/C20H15FN4O3/c1-13-17(11-22-25(13)16-9-7-15(21)8-10-16)20(26)27-12-18-23-19(24-28-18)14-5-3-2-4-6-14/h2-11H,12H2,1H3. The number of rotatable bonds is 5. The summed E-state index contributed by atoms with van der Waals surface area (Å²) in [5.41, 5.74) is 2.32. The molecule has 0 aliphatic rings. The van der Waals surface area contributed by atoms with Crippen molar-refractivity contribution < 1.29 is 18.4 Å². The van der Waals surface area contributed by atoms with Crippen LogP contribution in [0.4, 0.5) is 4.39 Å². The van der Waals surface area contributed by atoms with Gasteiger partial charge in [0.05, 0.1) is 17.6 Å². The quantitative estimate of drug-likeness (QED) is 0.492. The number of hydrogen-bond acceptors (Lipinski definition) is 6. The molecule has 0 unspecified atom stereocenters. The molecule has 8 heteroatoms. The smallest absolute Gasteiger partial charge is 0.342 e. The summed E-state index contributed by atoms with van der Waals surface area (Å²) >= 11 is 0. The van der Waals surface area contributed by atoms with Crippen LogP contribution >= 0.6 is 0 Å². The highest BCUT2D eigenvalue weighted by molar-refractivity contribution is 5.90. The Bertz CT molecular complexity index is 1100. The Morgan fingerprint density at radius 1 is 1.14 bits per heavy atom. The maximum Gasteiger partial charge on any atom is 0.342 e. The summed E-state index contributed by atoms with van der Waals surface area (Å²) in [5, 5.41) is 8.06. The number of hydrogen-bond donors (Lipinski definition) is 0. The maximum atomic E-state index is 13.1. The lowest BCUT2D eigenvalue weighted by atomic mass is 10.2. The lowest BCUT2D eigenvalue weighted by Gasteiger charge is -2.05. The first kappa shape index (κ1) is 17.6. The minimum atomic E-state index is -0.565. The van der Waals surface area contributed by atoms with E-state index < -0.39 is 5.97 Å². The lowest BCUT2D eigenvalue weighted by molar-refractivity contribution is 0.0429. The second kappa shape index (κ2) is 7.43. The van der Waals surface area contributed by atoms with Crippen LogP contribution in [0.5, 0.6) is 0 Å². The molecule has 2 aromatic heterocycles. The SMILES string of the molecule is Cc1c(C(=O)OCc2nc(-c3ccccc3)no2)cnn1-c1ccc(F)cc1. The zero-order valence-electron chi connectivity index (χ0n) is 14.9. The van der Waals surface area contributed by atoms with Gasteiger partial charge in [-0.2, -0.15) is 10.1 Å². The van der Waals surface area contributed by atoms with Gasteiger partial charge in [0.25, 0.3) is 5.89 Å². The number of aromatic nitrogens is 4. The molecule has 0 fully saturated rings. The number of ether oxygens (including phenoxy) is 1. The maximum absolute atomic E-state index is 13.1. The van der Waals surface area contributed by atoms with Crippen molar-refractivity contribution in [3.63, 3.8) is 0 Å². The van der Waals surface area contributed by atoms with Crippen LogP contribution in [0.15, 0.2) is 65.3 Å². The van der Waals surface area contributed by atoms with Gasteiger partial charge in [-0.05, 0) is 31.2 Å². The van der Waals surface area contributed by atoms with E-state index in [1.165, 1.54) is 23.0 Å². The highest BCUT2D eigenvalue weighted by Crippen LogP contribution is 2.18. The Morgan fingerprint density at radius 3 is 2.64 bits per heavy atom. The van der Waals surface area contributed by atoms with Gasteiger partial charge in [-0.25, -0.2) is 13.9 Å². The molecule has 0 saturated heterocycles. The zero-order chi connectivity index (χ0) is 19.5. The minimum absolute atomic E-state index is 0.153. The van der Waals surface area contributed by atoms with Gasteiger partial charge in [0, 0.05) is 5.56 Å². The van der Waals surface area contributed by atoms with Gasteiger partial charge in [-0.3, -0.25) is 0 Å². The summed E-state index contributed by atoms with van der Waals surface area (Å²) in [6, 6.07) is 15.1. The molecule has 2 aromatic carbocycles. The second-order valence-electron chi connectivity index (χ2n) is 5.99. The van der Waals surface area contributed by atoms with Crippen molar-refractivity contribution in [3.05, 3.63) is 83.8 Å². The van der Waals surface area contributed by atoms with E-state index in [9.17, 15) is 9.18 Å². The molecule has 0 N–H and O–H groups in total. The molecule has 4 rings (SSSR count). The van der Waals surface area contributed by atoms with Crippen molar-refractivity contribution in [3.8, 4) is 17.1 Å². The largest absolute Gasteiger partial charge is 0.452 e. The van der Waals surface area contributed by atoms with E-state index in [4.69, 9.17) is 9.26 Å². The summed E-state index contributed by atoms with van der Waals surface area (Å²) in [4.78, 5) is 16.6. The van der Waals surface area contributed by atoms with Crippen LogP contribution in [0, 0.1) is 12.7 Å². The number of benzene rings is 2. The van der Waals surface area contributed by atoms with Gasteiger partial charge in [0.15, 0.2) is 6.61 Å². The molecule has 0 atom stereocenters. The topological polar surface area (TPSA) is 83.0 Å². The second-order valence-corrected chi connectivity index (χ2v) is 5.99. The molecule has 140 valence electrons. The fourth-order valence-corrected chi connectivity index (χ4v) is 2.68. The van der Waals surface area contributed by atoms with Gasteiger partial charge in [-0.1, -0.05) is 35.5 Å². The molecule has 0 aliphatic heterocycles. The van der Waals surface area contributed by atoms with E-state index >= 15 is 0 Å². The van der Waals surface area contributed by atoms with E-state index in [-0.39, 0.29) is 18.3 Å². The van der Waals surface area contributed by atoms with Crippen molar-refractivity contribution in [2.75, 3.05) is 0 Å². The summed E-state index contributed by atoms with van der Waals surface area (Å²) in [6.45, 7) is 1.58. The van der Waals surface area contributed by atoms with Crippen LogP contribution in [0.3, 0.4) is 0 Å². The number of nitrogens with zero attached hydrogens (tertiary/aromatic N) is 4. The predicted octanol–water partition coefficient (Wildman–Crippen LogP) is 3.73. The lowest BCUT2D eigenvalue weighted by Crippen LogP contribution is -2.07. The van der Waals surface area contributed by atoms with Gasteiger partial charge >= 0.3 is 5.97 Å². The number of halogens is 1. The molecule has 7 nitrogen and oxygen atoms in total. The third-order valence-electron chi connectivity index (χ3n) is 4.13. The van der Waals surface area contributed by atoms with Crippen molar-refractivity contribution in [2.24, 2.45) is 0 Å². The monoisotopic (exact) mass is 378 g/mol. The number of esters is 1. The fraction of sp³-hybridized carbons (Fsp3) is 0.100. The van der Waals surface area contributed by atoms with E-state index in [2.05, 4.69) is 15.2 Å². The molecule has 4 aromatic rings. The van der Waals surface area contributed by atoms with E-state index in [0.717, 1.165) is 5.56 Å². The van der Waals surface area contributed by atoms with Crippen LogP contribution < -0.4 is 0 Å². The van der Waals surface area contributed by atoms with Gasteiger partial charge in [0.1, 0.15) is 11.4 Å². The predicted molar refractivity (Wildman–Crippen MR) is 97.1 cm³/mol. The number of carbonyl (C=O) groups is 1. The molecule has 0 amide bonds. The van der Waals surface area contributed by atoms with Crippen molar-refractivity contribution >= 4 is 5.97 Å². The van der Waals surface area contributed by atoms with Crippen LogP contribution in [0.1, 0.15) is 21.9 Å². The molecule has 0 radical (unpaired) electrons. The molecular weight excluding hydrogens is 363 g/mol. The zero-order valence-corrected chi connectivity index (χ0v) is 14.9. The van der Waals surface area contributed by atoms with Crippen molar-refractivity contribution in [1.82, 2.24) is 19.9 Å². The van der Waals surface area contributed by atoms with Crippen LogP contribution in [-0.4, -0.2) is 25.9 Å². The Hall–Kier alpha value is -3.81. The molecule has 0 spiro atoms. The Kier molecular flexibility index (Phi) is 4.67. The molecular formula is C20H15FN4O3. The highest BCUT2D eigenvalue weighted by Gasteiger charge is 2.18. The van der Waals surface area contributed by atoms with Crippen LogP contribution in [0.2, 0.25) is 0 Å². The fourth-order valence-electron chi connectivity index (χ4n) is 2.68. The first-order valence-corrected chi connectivity index (χ1v) is 8.47. The first-order chi connectivity index (χ1) is 13.6. The van der Waals surface area contributed by atoms with Crippen molar-refractivity contribution in [1.29, 1.82) is 0 Å². The average Bonchev–Trinajstić information content (AvgIpc) is 3.34. The third kappa shape index (κ3) is 3.52. The van der Waals surface area contributed by atoms with Gasteiger partial charge < -0.3 is 9.26 Å². The summed E-state index contributed by atoms with van der Waals surface area (Å²) in [5.74, 6) is -0.296.